The van der Waals surface area contributed by atoms with Crippen LogP contribution in [-0.4, -0.2) is 56.8 Å². The van der Waals surface area contributed by atoms with Crippen molar-refractivity contribution in [2.75, 3.05) is 6.54 Å². The average Bonchev–Trinajstić information content (AvgIpc) is 2.88. The Morgan fingerprint density at radius 3 is 2.34 bits per heavy atom. The first-order chi connectivity index (χ1) is 18.1. The van der Waals surface area contributed by atoms with E-state index in [2.05, 4.69) is 5.32 Å². The summed E-state index contributed by atoms with van der Waals surface area (Å²) in [4.78, 5) is 28.4. The van der Waals surface area contributed by atoms with E-state index in [0.717, 1.165) is 33.4 Å². The monoisotopic (exact) mass is 517 g/mol. The minimum atomic E-state index is -0.908. The summed E-state index contributed by atoms with van der Waals surface area (Å²) < 4.78 is 0. The molecule has 8 nitrogen and oxygen atoms in total. The van der Waals surface area contributed by atoms with Crippen LogP contribution in [0.5, 0.6) is 11.5 Å². The SMILES string of the molecule is Cc1cc(O)cc(C)c1CC(N)C(=O)N1Cc2cc(O)ccc2C[C@H]1C(=O)NC[C@H](O)Cc1ccccc1. The van der Waals surface area contributed by atoms with Gasteiger partial charge in [-0.3, -0.25) is 9.59 Å². The number of phenols is 2. The van der Waals surface area contributed by atoms with Crippen molar-refractivity contribution in [2.45, 2.75) is 57.8 Å². The molecule has 1 aliphatic heterocycles. The molecule has 4 rings (SSSR count). The molecule has 3 aromatic carbocycles. The number of aromatic hydroxyl groups is 2. The molecular weight excluding hydrogens is 482 g/mol. The summed E-state index contributed by atoms with van der Waals surface area (Å²) in [7, 11) is 0. The number of fused-ring (bicyclic) bond motifs is 1. The third kappa shape index (κ3) is 6.33. The Morgan fingerprint density at radius 2 is 1.66 bits per heavy atom. The van der Waals surface area contributed by atoms with Gasteiger partial charge in [0.15, 0.2) is 0 Å². The topological polar surface area (TPSA) is 136 Å². The minimum Gasteiger partial charge on any atom is -0.508 e. The molecule has 0 aliphatic carbocycles. The van der Waals surface area contributed by atoms with Gasteiger partial charge in [0.25, 0.3) is 0 Å². The fourth-order valence-corrected chi connectivity index (χ4v) is 5.14. The summed E-state index contributed by atoms with van der Waals surface area (Å²) in [6, 6.07) is 16.0. The molecule has 3 atom stereocenters. The van der Waals surface area contributed by atoms with Crippen LogP contribution in [0.4, 0.5) is 0 Å². The van der Waals surface area contributed by atoms with Crippen molar-refractivity contribution in [2.24, 2.45) is 5.73 Å². The smallest absolute Gasteiger partial charge is 0.243 e. The van der Waals surface area contributed by atoms with Crippen molar-refractivity contribution in [3.05, 3.63) is 94.0 Å². The normalized spacial score (nSPS) is 16.4. The van der Waals surface area contributed by atoms with Crippen LogP contribution in [0.15, 0.2) is 60.7 Å². The fourth-order valence-electron chi connectivity index (χ4n) is 5.14. The zero-order valence-corrected chi connectivity index (χ0v) is 21.7. The van der Waals surface area contributed by atoms with Crippen LogP contribution in [0.25, 0.3) is 0 Å². The molecule has 0 aromatic heterocycles. The van der Waals surface area contributed by atoms with Crippen LogP contribution in [0.1, 0.15) is 33.4 Å². The van der Waals surface area contributed by atoms with Gasteiger partial charge in [-0.25, -0.2) is 0 Å². The number of nitrogens with two attached hydrogens (primary N) is 1. The van der Waals surface area contributed by atoms with Gasteiger partial charge in [0.05, 0.1) is 12.1 Å². The van der Waals surface area contributed by atoms with E-state index in [0.29, 0.717) is 6.42 Å². The molecule has 3 aromatic rings. The first-order valence-corrected chi connectivity index (χ1v) is 12.8. The van der Waals surface area contributed by atoms with Crippen LogP contribution in [0.3, 0.4) is 0 Å². The van der Waals surface area contributed by atoms with E-state index in [4.69, 9.17) is 5.73 Å². The van der Waals surface area contributed by atoms with Gasteiger partial charge in [-0.1, -0.05) is 36.4 Å². The number of aliphatic hydroxyl groups is 1. The highest BCUT2D eigenvalue weighted by Gasteiger charge is 2.37. The number of rotatable bonds is 8. The van der Waals surface area contributed by atoms with Crippen molar-refractivity contribution in [1.29, 1.82) is 0 Å². The molecule has 1 unspecified atom stereocenters. The number of phenolic OH excluding ortho intramolecular Hbond substituents is 2. The van der Waals surface area contributed by atoms with E-state index < -0.39 is 18.2 Å². The van der Waals surface area contributed by atoms with Crippen molar-refractivity contribution in [3.63, 3.8) is 0 Å². The van der Waals surface area contributed by atoms with E-state index in [1.165, 1.54) is 4.90 Å². The lowest BCUT2D eigenvalue weighted by molar-refractivity contribution is -0.143. The molecule has 2 amide bonds. The van der Waals surface area contributed by atoms with Crippen molar-refractivity contribution in [3.8, 4) is 11.5 Å². The number of carbonyl (C=O) groups excluding carboxylic acids is 2. The first kappa shape index (κ1) is 27.2. The summed E-state index contributed by atoms with van der Waals surface area (Å²) in [5, 5.41) is 33.1. The number of nitrogens with zero attached hydrogens (tertiary/aromatic N) is 1. The second kappa shape index (κ2) is 11.7. The second-order valence-corrected chi connectivity index (χ2v) is 10.1. The zero-order chi connectivity index (χ0) is 27.4. The van der Waals surface area contributed by atoms with Crippen LogP contribution in [-0.2, 0) is 35.4 Å². The molecule has 0 radical (unpaired) electrons. The van der Waals surface area contributed by atoms with Gasteiger partial charge in [0, 0.05) is 25.9 Å². The predicted molar refractivity (Wildman–Crippen MR) is 145 cm³/mol. The summed E-state index contributed by atoms with van der Waals surface area (Å²) >= 11 is 0. The summed E-state index contributed by atoms with van der Waals surface area (Å²) in [5.74, 6) is -0.505. The predicted octanol–water partition coefficient (Wildman–Crippen LogP) is 2.26. The van der Waals surface area contributed by atoms with E-state index >= 15 is 0 Å². The summed E-state index contributed by atoms with van der Waals surface area (Å²) in [6.07, 6.45) is 0.143. The molecule has 0 saturated heterocycles. The van der Waals surface area contributed by atoms with Crippen molar-refractivity contribution in [1.82, 2.24) is 10.2 Å². The molecule has 0 saturated carbocycles. The highest BCUT2D eigenvalue weighted by molar-refractivity contribution is 5.90. The standard InChI is InChI=1S/C30H35N3O5/c1-18-10-24(35)11-19(2)26(18)15-27(31)30(38)33-17-22-13-23(34)9-8-21(22)14-28(33)29(37)32-16-25(36)12-20-6-4-3-5-7-20/h3-11,13,25,27-28,34-36H,12,14-17,31H2,1-2H3,(H,32,37)/t25-,27?,28+/m1/s1. The van der Waals surface area contributed by atoms with Gasteiger partial charge in [0.1, 0.15) is 17.5 Å². The summed E-state index contributed by atoms with van der Waals surface area (Å²) in [5.41, 5.74) is 11.5. The van der Waals surface area contributed by atoms with Gasteiger partial charge in [0.2, 0.25) is 11.8 Å². The Labute approximate surface area is 222 Å². The number of carbonyl (C=O) groups is 2. The molecule has 8 heteroatoms. The van der Waals surface area contributed by atoms with Crippen LogP contribution >= 0.6 is 0 Å². The number of nitrogens with one attached hydrogen (secondary N) is 1. The largest absolute Gasteiger partial charge is 0.508 e. The molecule has 0 bridgehead atoms. The number of hydrogen-bond donors (Lipinski definition) is 5. The van der Waals surface area contributed by atoms with Crippen LogP contribution in [0, 0.1) is 13.8 Å². The lowest BCUT2D eigenvalue weighted by atomic mass is 9.91. The second-order valence-electron chi connectivity index (χ2n) is 10.1. The number of hydrogen-bond acceptors (Lipinski definition) is 6. The number of aliphatic hydroxyl groups excluding tert-OH is 1. The Bertz CT molecular complexity index is 1290. The third-order valence-corrected chi connectivity index (χ3v) is 7.15. The Hall–Kier alpha value is -3.88. The fraction of sp³-hybridized carbons (Fsp3) is 0.333. The Morgan fingerprint density at radius 1 is 0.974 bits per heavy atom. The summed E-state index contributed by atoms with van der Waals surface area (Å²) in [6.45, 7) is 3.90. The van der Waals surface area contributed by atoms with Gasteiger partial charge in [-0.15, -0.1) is 0 Å². The Kier molecular flexibility index (Phi) is 8.34. The van der Waals surface area contributed by atoms with E-state index in [9.17, 15) is 24.9 Å². The van der Waals surface area contributed by atoms with Gasteiger partial charge < -0.3 is 31.3 Å². The van der Waals surface area contributed by atoms with E-state index in [1.54, 1.807) is 30.3 Å². The highest BCUT2D eigenvalue weighted by atomic mass is 16.3. The van der Waals surface area contributed by atoms with Gasteiger partial charge >= 0.3 is 0 Å². The molecular formula is C30H35N3O5. The lowest BCUT2D eigenvalue weighted by Gasteiger charge is -2.37. The molecule has 0 spiro atoms. The Balaban J connectivity index is 1.51. The zero-order valence-electron chi connectivity index (χ0n) is 21.7. The number of benzene rings is 3. The molecule has 200 valence electrons. The first-order valence-electron chi connectivity index (χ1n) is 12.8. The minimum absolute atomic E-state index is 0.0483. The maximum atomic E-state index is 13.6. The molecule has 1 aliphatic rings. The van der Waals surface area contributed by atoms with Crippen molar-refractivity contribution >= 4 is 11.8 Å². The lowest BCUT2D eigenvalue weighted by Crippen LogP contribution is -2.57. The van der Waals surface area contributed by atoms with Crippen LogP contribution < -0.4 is 11.1 Å². The molecule has 6 N–H and O–H groups in total. The maximum absolute atomic E-state index is 13.6. The van der Waals surface area contributed by atoms with Crippen molar-refractivity contribution < 1.29 is 24.9 Å². The molecule has 0 fully saturated rings. The van der Waals surface area contributed by atoms with Gasteiger partial charge in [-0.05, 0) is 77.9 Å². The number of aryl methyl sites for hydroxylation is 2. The number of amides is 2. The van der Waals surface area contributed by atoms with Crippen LogP contribution in [0.2, 0.25) is 0 Å². The molecule has 38 heavy (non-hydrogen) atoms. The third-order valence-electron chi connectivity index (χ3n) is 7.15. The maximum Gasteiger partial charge on any atom is 0.243 e. The molecule has 1 heterocycles. The average molecular weight is 518 g/mol. The van der Waals surface area contributed by atoms with E-state index in [-0.39, 0.29) is 49.2 Å². The van der Waals surface area contributed by atoms with Gasteiger partial charge in [-0.2, -0.15) is 0 Å². The highest BCUT2D eigenvalue weighted by Crippen LogP contribution is 2.28. The quantitative estimate of drug-likeness (QED) is 0.311. The van der Waals surface area contributed by atoms with E-state index in [1.807, 2.05) is 44.2 Å².